The lowest BCUT2D eigenvalue weighted by Gasteiger charge is -2.39. The van der Waals surface area contributed by atoms with Crippen molar-refractivity contribution in [1.82, 2.24) is 5.32 Å². The summed E-state index contributed by atoms with van der Waals surface area (Å²) in [6.45, 7) is 4.48. The van der Waals surface area contributed by atoms with Crippen LogP contribution in [0.15, 0.2) is 0 Å². The highest BCUT2D eigenvalue weighted by atomic mass is 16.4. The molecule has 1 aliphatic rings. The average Bonchev–Trinajstić information content (AvgIpc) is 1.96. The van der Waals surface area contributed by atoms with Crippen LogP contribution in [0.25, 0.3) is 0 Å². The smallest absolute Gasteiger partial charge is 0.307 e. The number of aliphatic carboxylic acids is 1. The number of carboxylic acids is 1. The van der Waals surface area contributed by atoms with Gasteiger partial charge in [-0.05, 0) is 26.2 Å². The molecule has 3 nitrogen and oxygen atoms in total. The largest absolute Gasteiger partial charge is 0.481 e. The number of carboxylic acid groups (broad SMARTS) is 1. The van der Waals surface area contributed by atoms with Gasteiger partial charge in [0.2, 0.25) is 0 Å². The van der Waals surface area contributed by atoms with Gasteiger partial charge in [-0.3, -0.25) is 4.79 Å². The summed E-state index contributed by atoms with van der Waals surface area (Å²) < 4.78 is 0. The van der Waals surface area contributed by atoms with Crippen molar-refractivity contribution >= 4 is 5.97 Å². The van der Waals surface area contributed by atoms with E-state index in [1.807, 2.05) is 0 Å². The third-order valence-corrected chi connectivity index (χ3v) is 2.71. The van der Waals surface area contributed by atoms with E-state index < -0.39 is 5.97 Å². The fourth-order valence-corrected chi connectivity index (χ4v) is 1.37. The second kappa shape index (κ2) is 3.44. The van der Waals surface area contributed by atoms with Crippen LogP contribution >= 0.6 is 0 Å². The van der Waals surface area contributed by atoms with Gasteiger partial charge in [0.15, 0.2) is 0 Å². The lowest BCUT2D eigenvalue weighted by atomic mass is 9.78. The standard InChI is InChI=1S/C9H17NO2/c1-7(8(11)12)6-10-9(2)4-3-5-9/h7,10H,3-6H2,1-2H3,(H,11,12). The van der Waals surface area contributed by atoms with Gasteiger partial charge in [-0.25, -0.2) is 0 Å². The summed E-state index contributed by atoms with van der Waals surface area (Å²) >= 11 is 0. The van der Waals surface area contributed by atoms with Gasteiger partial charge in [0, 0.05) is 12.1 Å². The van der Waals surface area contributed by atoms with Gasteiger partial charge >= 0.3 is 5.97 Å². The number of rotatable bonds is 4. The Labute approximate surface area is 73.2 Å². The maximum atomic E-state index is 10.5. The van der Waals surface area contributed by atoms with Crippen LogP contribution in [-0.2, 0) is 4.79 Å². The number of hydrogen-bond acceptors (Lipinski definition) is 2. The first-order valence-electron chi connectivity index (χ1n) is 4.51. The Kier molecular flexibility index (Phi) is 2.73. The predicted octanol–water partition coefficient (Wildman–Crippen LogP) is 1.24. The van der Waals surface area contributed by atoms with Crippen molar-refractivity contribution in [2.45, 2.75) is 38.6 Å². The van der Waals surface area contributed by atoms with Gasteiger partial charge < -0.3 is 10.4 Å². The molecule has 0 aliphatic heterocycles. The van der Waals surface area contributed by atoms with E-state index in [1.54, 1.807) is 6.92 Å². The summed E-state index contributed by atoms with van der Waals surface area (Å²) in [7, 11) is 0. The van der Waals surface area contributed by atoms with Crippen LogP contribution in [0, 0.1) is 5.92 Å². The van der Waals surface area contributed by atoms with Gasteiger partial charge in [-0.1, -0.05) is 6.92 Å². The van der Waals surface area contributed by atoms with Crippen molar-refractivity contribution in [2.75, 3.05) is 6.54 Å². The highest BCUT2D eigenvalue weighted by Crippen LogP contribution is 2.30. The quantitative estimate of drug-likeness (QED) is 0.669. The summed E-state index contributed by atoms with van der Waals surface area (Å²) in [5.41, 5.74) is 0.226. The van der Waals surface area contributed by atoms with E-state index in [0.717, 1.165) is 0 Å². The molecule has 2 N–H and O–H groups in total. The van der Waals surface area contributed by atoms with Crippen LogP contribution in [0.4, 0.5) is 0 Å². The molecule has 0 radical (unpaired) electrons. The van der Waals surface area contributed by atoms with Crippen molar-refractivity contribution in [3.8, 4) is 0 Å². The number of nitrogens with one attached hydrogen (secondary N) is 1. The maximum Gasteiger partial charge on any atom is 0.307 e. The maximum absolute atomic E-state index is 10.5. The first kappa shape index (κ1) is 9.52. The number of carbonyl (C=O) groups is 1. The zero-order chi connectivity index (χ0) is 9.19. The molecule has 0 spiro atoms. The molecule has 12 heavy (non-hydrogen) atoms. The zero-order valence-corrected chi connectivity index (χ0v) is 7.76. The van der Waals surface area contributed by atoms with Crippen molar-refractivity contribution in [3.63, 3.8) is 0 Å². The van der Waals surface area contributed by atoms with Crippen molar-refractivity contribution in [1.29, 1.82) is 0 Å². The van der Waals surface area contributed by atoms with Gasteiger partial charge in [-0.2, -0.15) is 0 Å². The Bertz CT molecular complexity index is 175. The van der Waals surface area contributed by atoms with Crippen molar-refractivity contribution < 1.29 is 9.90 Å². The third kappa shape index (κ3) is 2.21. The molecule has 0 bridgehead atoms. The molecule has 0 amide bonds. The molecule has 70 valence electrons. The first-order valence-corrected chi connectivity index (χ1v) is 4.51. The predicted molar refractivity (Wildman–Crippen MR) is 47.1 cm³/mol. The normalized spacial score (nSPS) is 22.8. The van der Waals surface area contributed by atoms with E-state index in [1.165, 1.54) is 19.3 Å². The molecule has 3 heteroatoms. The summed E-state index contributed by atoms with van der Waals surface area (Å²) in [6.07, 6.45) is 3.63. The van der Waals surface area contributed by atoms with Crippen molar-refractivity contribution in [2.24, 2.45) is 5.92 Å². The Balaban J connectivity index is 2.20. The molecule has 1 atom stereocenters. The van der Waals surface area contributed by atoms with Crippen molar-refractivity contribution in [3.05, 3.63) is 0 Å². The summed E-state index contributed by atoms with van der Waals surface area (Å²) in [5.74, 6) is -0.993. The molecule has 0 saturated heterocycles. The summed E-state index contributed by atoms with van der Waals surface area (Å²) in [5, 5.41) is 11.9. The van der Waals surface area contributed by atoms with Gasteiger partial charge in [0.25, 0.3) is 0 Å². The molecule has 1 unspecified atom stereocenters. The third-order valence-electron chi connectivity index (χ3n) is 2.71. The van der Waals surface area contributed by atoms with Gasteiger partial charge in [0.05, 0.1) is 5.92 Å². The minimum Gasteiger partial charge on any atom is -0.481 e. The lowest BCUT2D eigenvalue weighted by molar-refractivity contribution is -0.141. The van der Waals surface area contributed by atoms with Crippen LogP contribution < -0.4 is 5.32 Å². The molecule has 1 fully saturated rings. The Hall–Kier alpha value is -0.570. The molecule has 1 rings (SSSR count). The lowest BCUT2D eigenvalue weighted by Crippen LogP contribution is -2.50. The van der Waals surface area contributed by atoms with E-state index in [4.69, 9.17) is 5.11 Å². The monoisotopic (exact) mass is 171 g/mol. The minimum absolute atomic E-state index is 0.226. The number of hydrogen-bond donors (Lipinski definition) is 2. The molecule has 0 aromatic heterocycles. The average molecular weight is 171 g/mol. The molecule has 0 heterocycles. The minimum atomic E-state index is -0.717. The van der Waals surface area contributed by atoms with E-state index in [-0.39, 0.29) is 11.5 Å². The molecule has 1 saturated carbocycles. The highest BCUT2D eigenvalue weighted by molar-refractivity contribution is 5.69. The molecule has 1 aliphatic carbocycles. The fourth-order valence-electron chi connectivity index (χ4n) is 1.37. The SMILES string of the molecule is CC(CNC1(C)CCC1)C(=O)O. The fraction of sp³-hybridized carbons (Fsp3) is 0.889. The topological polar surface area (TPSA) is 49.3 Å². The van der Waals surface area contributed by atoms with Crippen LogP contribution in [0.5, 0.6) is 0 Å². The van der Waals surface area contributed by atoms with E-state index in [9.17, 15) is 4.79 Å². The van der Waals surface area contributed by atoms with Crippen LogP contribution in [-0.4, -0.2) is 23.2 Å². The molecular weight excluding hydrogens is 154 g/mol. The second-order valence-corrected chi connectivity index (χ2v) is 4.03. The Morgan fingerprint density at radius 2 is 2.25 bits per heavy atom. The van der Waals surface area contributed by atoms with E-state index >= 15 is 0 Å². The second-order valence-electron chi connectivity index (χ2n) is 4.03. The van der Waals surface area contributed by atoms with Crippen LogP contribution in [0.3, 0.4) is 0 Å². The molecule has 0 aromatic carbocycles. The molecular formula is C9H17NO2. The van der Waals surface area contributed by atoms with E-state index in [0.29, 0.717) is 6.54 Å². The van der Waals surface area contributed by atoms with Crippen LogP contribution in [0.2, 0.25) is 0 Å². The van der Waals surface area contributed by atoms with E-state index in [2.05, 4.69) is 12.2 Å². The summed E-state index contributed by atoms with van der Waals surface area (Å²) in [6, 6.07) is 0. The Morgan fingerprint density at radius 3 is 2.58 bits per heavy atom. The van der Waals surface area contributed by atoms with Gasteiger partial charge in [0.1, 0.15) is 0 Å². The molecule has 0 aromatic rings. The van der Waals surface area contributed by atoms with Crippen LogP contribution in [0.1, 0.15) is 33.1 Å². The zero-order valence-electron chi connectivity index (χ0n) is 7.76. The summed E-state index contributed by atoms with van der Waals surface area (Å²) in [4.78, 5) is 10.5. The highest BCUT2D eigenvalue weighted by Gasteiger charge is 2.31. The van der Waals surface area contributed by atoms with Gasteiger partial charge in [-0.15, -0.1) is 0 Å². The Morgan fingerprint density at radius 1 is 1.67 bits per heavy atom. The first-order chi connectivity index (χ1) is 5.53.